The highest BCUT2D eigenvalue weighted by Crippen LogP contribution is 2.24. The van der Waals surface area contributed by atoms with Gasteiger partial charge >= 0.3 is 0 Å². The van der Waals surface area contributed by atoms with Crippen molar-refractivity contribution in [1.29, 1.82) is 0 Å². The summed E-state index contributed by atoms with van der Waals surface area (Å²) < 4.78 is 0. The van der Waals surface area contributed by atoms with E-state index in [1.165, 1.54) is 0 Å². The van der Waals surface area contributed by atoms with Crippen LogP contribution in [0.1, 0.15) is 23.7 Å². The zero-order valence-electron chi connectivity index (χ0n) is 11.2. The van der Waals surface area contributed by atoms with Crippen molar-refractivity contribution in [2.24, 2.45) is 5.92 Å². The molecule has 0 saturated carbocycles. The fourth-order valence-electron chi connectivity index (χ4n) is 2.44. The molecule has 1 amide bonds. The molecular formula is C14H21N3O2. The topological polar surface area (TPSA) is 78.6 Å². The summed E-state index contributed by atoms with van der Waals surface area (Å²) in [5, 5.41) is 12.6. The van der Waals surface area contributed by atoms with Gasteiger partial charge in [0.2, 0.25) is 0 Å². The van der Waals surface area contributed by atoms with Gasteiger partial charge in [0, 0.05) is 13.1 Å². The number of aromatic hydroxyl groups is 1. The average molecular weight is 263 g/mol. The van der Waals surface area contributed by atoms with Gasteiger partial charge in [0.05, 0.1) is 11.3 Å². The van der Waals surface area contributed by atoms with Crippen LogP contribution in [0, 0.1) is 5.92 Å². The van der Waals surface area contributed by atoms with Gasteiger partial charge in [-0.3, -0.25) is 4.79 Å². The average Bonchev–Trinajstić information content (AvgIpc) is 2.87. The van der Waals surface area contributed by atoms with Gasteiger partial charge < -0.3 is 21.1 Å². The minimum absolute atomic E-state index is 0.137. The van der Waals surface area contributed by atoms with E-state index in [4.69, 9.17) is 5.73 Å². The molecular weight excluding hydrogens is 242 g/mol. The first-order valence-electron chi connectivity index (χ1n) is 6.69. The molecule has 0 aromatic heterocycles. The van der Waals surface area contributed by atoms with Gasteiger partial charge in [-0.05, 0) is 37.6 Å². The Kier molecular flexibility index (Phi) is 4.27. The second-order valence-electron chi connectivity index (χ2n) is 5.00. The van der Waals surface area contributed by atoms with Crippen molar-refractivity contribution in [2.45, 2.75) is 13.3 Å². The van der Waals surface area contributed by atoms with Crippen LogP contribution in [0.25, 0.3) is 0 Å². The van der Waals surface area contributed by atoms with E-state index >= 15 is 0 Å². The van der Waals surface area contributed by atoms with Crippen molar-refractivity contribution < 1.29 is 9.90 Å². The summed E-state index contributed by atoms with van der Waals surface area (Å²) in [6.45, 7) is 5.97. The van der Waals surface area contributed by atoms with Gasteiger partial charge in [0.1, 0.15) is 0 Å². The highest BCUT2D eigenvalue weighted by molar-refractivity contribution is 5.98. The Morgan fingerprint density at radius 2 is 2.37 bits per heavy atom. The zero-order valence-corrected chi connectivity index (χ0v) is 11.2. The summed E-state index contributed by atoms with van der Waals surface area (Å²) in [7, 11) is 0. The van der Waals surface area contributed by atoms with E-state index in [-0.39, 0.29) is 22.9 Å². The largest absolute Gasteiger partial charge is 0.505 e. The maximum atomic E-state index is 12.0. The van der Waals surface area contributed by atoms with Gasteiger partial charge in [-0.2, -0.15) is 0 Å². The van der Waals surface area contributed by atoms with Crippen LogP contribution in [0.5, 0.6) is 5.75 Å². The van der Waals surface area contributed by atoms with E-state index in [0.29, 0.717) is 12.5 Å². The minimum atomic E-state index is -0.264. The summed E-state index contributed by atoms with van der Waals surface area (Å²) in [6, 6.07) is 4.81. The number of nitrogen functional groups attached to an aromatic ring is 1. The second kappa shape index (κ2) is 5.93. The summed E-state index contributed by atoms with van der Waals surface area (Å²) in [4.78, 5) is 14.4. The number of likely N-dealkylation sites (tertiary alicyclic amines) is 1. The maximum absolute atomic E-state index is 12.0. The predicted octanol–water partition coefficient (Wildman–Crippen LogP) is 1.05. The van der Waals surface area contributed by atoms with E-state index in [0.717, 1.165) is 26.1 Å². The van der Waals surface area contributed by atoms with Crippen molar-refractivity contribution in [1.82, 2.24) is 10.2 Å². The molecule has 1 aromatic rings. The fourth-order valence-corrected chi connectivity index (χ4v) is 2.44. The molecule has 4 N–H and O–H groups in total. The number of amides is 1. The number of nitrogens with one attached hydrogen (secondary N) is 1. The molecule has 1 unspecified atom stereocenters. The number of carbonyl (C=O) groups is 1. The molecule has 1 saturated heterocycles. The van der Waals surface area contributed by atoms with Crippen LogP contribution in [0.3, 0.4) is 0 Å². The minimum Gasteiger partial charge on any atom is -0.505 e. The number of phenols is 1. The molecule has 0 bridgehead atoms. The van der Waals surface area contributed by atoms with Crippen molar-refractivity contribution >= 4 is 11.6 Å². The lowest BCUT2D eigenvalue weighted by molar-refractivity contribution is 0.0945. The van der Waals surface area contributed by atoms with Gasteiger partial charge in [0.15, 0.2) is 5.75 Å². The highest BCUT2D eigenvalue weighted by Gasteiger charge is 2.22. The Balaban J connectivity index is 1.90. The van der Waals surface area contributed by atoms with Gasteiger partial charge in [-0.25, -0.2) is 0 Å². The maximum Gasteiger partial charge on any atom is 0.255 e. The molecule has 2 rings (SSSR count). The third-order valence-electron chi connectivity index (χ3n) is 3.68. The number of para-hydroxylation sites is 1. The summed E-state index contributed by atoms with van der Waals surface area (Å²) >= 11 is 0. The normalized spacial score (nSPS) is 19.5. The Hall–Kier alpha value is -1.75. The lowest BCUT2D eigenvalue weighted by atomic mass is 10.1. The number of phenolic OH excluding ortho intramolecular Hbond substituents is 1. The molecule has 19 heavy (non-hydrogen) atoms. The Labute approximate surface area is 113 Å². The molecule has 0 spiro atoms. The van der Waals surface area contributed by atoms with E-state index in [1.807, 2.05) is 0 Å². The van der Waals surface area contributed by atoms with E-state index in [2.05, 4.69) is 17.1 Å². The van der Waals surface area contributed by atoms with E-state index in [9.17, 15) is 9.90 Å². The van der Waals surface area contributed by atoms with Crippen LogP contribution in [0.4, 0.5) is 5.69 Å². The van der Waals surface area contributed by atoms with Crippen molar-refractivity contribution in [3.8, 4) is 5.75 Å². The summed E-state index contributed by atoms with van der Waals surface area (Å²) in [6.07, 6.45) is 1.11. The number of benzene rings is 1. The van der Waals surface area contributed by atoms with Crippen LogP contribution in [0.15, 0.2) is 18.2 Å². The number of hydrogen-bond acceptors (Lipinski definition) is 4. The summed E-state index contributed by atoms with van der Waals surface area (Å²) in [5.74, 6) is 0.0912. The van der Waals surface area contributed by atoms with Crippen molar-refractivity contribution in [3.63, 3.8) is 0 Å². The number of hydrogen-bond donors (Lipinski definition) is 3. The molecule has 104 valence electrons. The Morgan fingerprint density at radius 3 is 3.05 bits per heavy atom. The monoisotopic (exact) mass is 263 g/mol. The highest BCUT2D eigenvalue weighted by atomic mass is 16.3. The number of anilines is 1. The molecule has 5 heteroatoms. The Morgan fingerprint density at radius 1 is 1.58 bits per heavy atom. The molecule has 1 heterocycles. The van der Waals surface area contributed by atoms with E-state index < -0.39 is 0 Å². The first-order valence-corrected chi connectivity index (χ1v) is 6.69. The molecule has 0 radical (unpaired) electrons. The predicted molar refractivity (Wildman–Crippen MR) is 75.1 cm³/mol. The number of rotatable bonds is 4. The standard InChI is InChI=1S/C14H21N3O2/c1-2-17-7-6-10(9-17)8-16-14(19)11-4-3-5-12(15)13(11)18/h3-5,10,18H,2,6-9,15H2,1H3,(H,16,19). The number of nitrogens with two attached hydrogens (primary N) is 1. The molecule has 1 aliphatic heterocycles. The molecule has 1 aromatic carbocycles. The zero-order chi connectivity index (χ0) is 13.8. The van der Waals surface area contributed by atoms with Gasteiger partial charge in [0.25, 0.3) is 5.91 Å². The van der Waals surface area contributed by atoms with E-state index in [1.54, 1.807) is 18.2 Å². The molecule has 1 atom stereocenters. The third-order valence-corrected chi connectivity index (χ3v) is 3.68. The first kappa shape index (κ1) is 13.7. The smallest absolute Gasteiger partial charge is 0.255 e. The molecule has 1 aliphatic rings. The number of nitrogens with zero attached hydrogens (tertiary/aromatic N) is 1. The van der Waals surface area contributed by atoms with Crippen LogP contribution < -0.4 is 11.1 Å². The second-order valence-corrected chi connectivity index (χ2v) is 5.00. The quantitative estimate of drug-likeness (QED) is 0.560. The Bertz CT molecular complexity index is 462. The van der Waals surface area contributed by atoms with Crippen LogP contribution >= 0.6 is 0 Å². The van der Waals surface area contributed by atoms with Gasteiger partial charge in [-0.15, -0.1) is 0 Å². The van der Waals surface area contributed by atoms with Gasteiger partial charge in [-0.1, -0.05) is 13.0 Å². The van der Waals surface area contributed by atoms with Crippen LogP contribution in [-0.2, 0) is 0 Å². The molecule has 5 nitrogen and oxygen atoms in total. The third kappa shape index (κ3) is 3.17. The SMILES string of the molecule is CCN1CCC(CNC(=O)c2cccc(N)c2O)C1. The summed E-state index contributed by atoms with van der Waals surface area (Å²) in [5.41, 5.74) is 6.04. The van der Waals surface area contributed by atoms with Crippen molar-refractivity contribution in [3.05, 3.63) is 23.8 Å². The lowest BCUT2D eigenvalue weighted by Crippen LogP contribution is -2.31. The van der Waals surface area contributed by atoms with Crippen molar-refractivity contribution in [2.75, 3.05) is 31.9 Å². The van der Waals surface area contributed by atoms with Crippen LogP contribution in [-0.4, -0.2) is 42.1 Å². The first-order chi connectivity index (χ1) is 9.11. The lowest BCUT2D eigenvalue weighted by Gasteiger charge is -2.14. The van der Waals surface area contributed by atoms with Crippen LogP contribution in [0.2, 0.25) is 0 Å². The fraction of sp³-hybridized carbons (Fsp3) is 0.500. The molecule has 0 aliphatic carbocycles. The molecule has 1 fully saturated rings. The number of carbonyl (C=O) groups excluding carboxylic acids is 1.